The van der Waals surface area contributed by atoms with Crippen molar-refractivity contribution >= 4 is 21.7 Å². The zero-order valence-corrected chi connectivity index (χ0v) is 13.4. The minimum absolute atomic E-state index is 0.202. The van der Waals surface area contributed by atoms with Crippen LogP contribution in [0.3, 0.4) is 0 Å². The van der Waals surface area contributed by atoms with Gasteiger partial charge in [0.25, 0.3) is 0 Å². The highest BCUT2D eigenvalue weighted by atomic mass is 32.2. The van der Waals surface area contributed by atoms with Gasteiger partial charge in [-0.3, -0.25) is 4.79 Å². The lowest BCUT2D eigenvalue weighted by atomic mass is 10.3. The molecule has 0 unspecified atom stereocenters. The lowest BCUT2D eigenvalue weighted by Gasteiger charge is -2.12. The molecule has 0 fully saturated rings. The van der Waals surface area contributed by atoms with Gasteiger partial charge >= 0.3 is 5.97 Å². The molecule has 1 aromatic carbocycles. The molecule has 0 heterocycles. The average molecular weight is 314 g/mol. The van der Waals surface area contributed by atoms with E-state index in [2.05, 4.69) is 5.32 Å². The van der Waals surface area contributed by atoms with Crippen LogP contribution < -0.4 is 5.32 Å². The molecule has 0 aliphatic carbocycles. The van der Waals surface area contributed by atoms with Crippen molar-refractivity contribution in [3.63, 3.8) is 0 Å². The van der Waals surface area contributed by atoms with Gasteiger partial charge in [-0.05, 0) is 37.6 Å². The number of sulfonamides is 1. The van der Waals surface area contributed by atoms with Crippen LogP contribution in [0.5, 0.6) is 0 Å². The van der Waals surface area contributed by atoms with Gasteiger partial charge in [0.1, 0.15) is 0 Å². The Bertz CT molecular complexity index is 553. The lowest BCUT2D eigenvalue weighted by Crippen LogP contribution is -2.22. The van der Waals surface area contributed by atoms with E-state index in [0.29, 0.717) is 26.0 Å². The number of esters is 1. The number of nitrogens with zero attached hydrogens (tertiary/aromatic N) is 1. The number of anilines is 1. The first-order valence-electron chi connectivity index (χ1n) is 6.80. The molecule has 0 saturated heterocycles. The molecule has 0 aliphatic rings. The summed E-state index contributed by atoms with van der Waals surface area (Å²) in [4.78, 5) is 11.4. The van der Waals surface area contributed by atoms with Crippen molar-refractivity contribution in [2.24, 2.45) is 0 Å². The van der Waals surface area contributed by atoms with Gasteiger partial charge < -0.3 is 10.1 Å². The Morgan fingerprint density at radius 1 is 1.24 bits per heavy atom. The van der Waals surface area contributed by atoms with Crippen LogP contribution >= 0.6 is 0 Å². The third-order valence-electron chi connectivity index (χ3n) is 2.83. The smallest absolute Gasteiger partial charge is 0.305 e. The van der Waals surface area contributed by atoms with Crippen LogP contribution in [0.25, 0.3) is 0 Å². The summed E-state index contributed by atoms with van der Waals surface area (Å²) >= 11 is 0. The van der Waals surface area contributed by atoms with E-state index < -0.39 is 10.0 Å². The minimum atomic E-state index is -3.39. The van der Waals surface area contributed by atoms with Crippen molar-refractivity contribution in [2.45, 2.75) is 24.7 Å². The van der Waals surface area contributed by atoms with Crippen molar-refractivity contribution in [1.29, 1.82) is 0 Å². The van der Waals surface area contributed by atoms with Gasteiger partial charge in [-0.15, -0.1) is 0 Å². The molecule has 1 aromatic rings. The fraction of sp³-hybridized carbons (Fsp3) is 0.500. The number of carbonyl (C=O) groups is 1. The van der Waals surface area contributed by atoms with Crippen molar-refractivity contribution in [1.82, 2.24) is 4.31 Å². The Hall–Kier alpha value is -1.60. The second-order valence-electron chi connectivity index (χ2n) is 4.65. The third-order valence-corrected chi connectivity index (χ3v) is 4.65. The van der Waals surface area contributed by atoms with Gasteiger partial charge in [-0.25, -0.2) is 12.7 Å². The number of benzene rings is 1. The fourth-order valence-corrected chi connectivity index (χ4v) is 2.56. The highest BCUT2D eigenvalue weighted by molar-refractivity contribution is 7.89. The molecule has 118 valence electrons. The number of carbonyl (C=O) groups excluding carboxylic acids is 1. The topological polar surface area (TPSA) is 75.7 Å². The maximum atomic E-state index is 11.9. The Morgan fingerprint density at radius 2 is 1.86 bits per heavy atom. The van der Waals surface area contributed by atoms with Gasteiger partial charge in [0.05, 0.1) is 11.5 Å². The van der Waals surface area contributed by atoms with E-state index >= 15 is 0 Å². The molecule has 0 bridgehead atoms. The maximum absolute atomic E-state index is 11.9. The summed E-state index contributed by atoms with van der Waals surface area (Å²) < 4.78 is 29.8. The molecule has 21 heavy (non-hydrogen) atoms. The molecule has 0 spiro atoms. The highest BCUT2D eigenvalue weighted by Crippen LogP contribution is 2.16. The van der Waals surface area contributed by atoms with Crippen LogP contribution in [0.2, 0.25) is 0 Å². The largest absolute Gasteiger partial charge is 0.466 e. The van der Waals surface area contributed by atoms with E-state index in [4.69, 9.17) is 4.74 Å². The van der Waals surface area contributed by atoms with E-state index in [-0.39, 0.29) is 10.9 Å². The molecule has 0 amide bonds. The second kappa shape index (κ2) is 7.99. The number of hydrogen-bond acceptors (Lipinski definition) is 5. The monoisotopic (exact) mass is 314 g/mol. The van der Waals surface area contributed by atoms with Crippen LogP contribution in [-0.4, -0.2) is 45.9 Å². The van der Waals surface area contributed by atoms with Gasteiger partial charge in [0.2, 0.25) is 10.0 Å². The Balaban J connectivity index is 2.47. The lowest BCUT2D eigenvalue weighted by molar-refractivity contribution is -0.143. The first-order valence-corrected chi connectivity index (χ1v) is 8.24. The molecule has 0 radical (unpaired) electrons. The number of hydrogen-bond donors (Lipinski definition) is 1. The Morgan fingerprint density at radius 3 is 2.38 bits per heavy atom. The molecule has 6 nitrogen and oxygen atoms in total. The second-order valence-corrected chi connectivity index (χ2v) is 6.80. The summed E-state index contributed by atoms with van der Waals surface area (Å²) in [5.41, 5.74) is 0.816. The van der Waals surface area contributed by atoms with E-state index in [0.717, 1.165) is 5.69 Å². The van der Waals surface area contributed by atoms with Crippen LogP contribution in [0.15, 0.2) is 29.2 Å². The van der Waals surface area contributed by atoms with Crippen molar-refractivity contribution in [3.05, 3.63) is 24.3 Å². The fourth-order valence-electron chi connectivity index (χ4n) is 1.65. The predicted molar refractivity (Wildman–Crippen MR) is 81.7 cm³/mol. The standard InChI is InChI=1S/C14H22N2O4S/c1-4-20-14(17)6-5-11-15-12-7-9-13(10-8-12)21(18,19)16(2)3/h7-10,15H,4-6,11H2,1-3H3. The SMILES string of the molecule is CCOC(=O)CCCNc1ccc(S(=O)(=O)N(C)C)cc1. The molecule has 0 aliphatic heterocycles. The summed E-state index contributed by atoms with van der Waals surface area (Å²) in [5, 5.41) is 3.13. The quantitative estimate of drug-likeness (QED) is 0.584. The normalized spacial score (nSPS) is 11.4. The van der Waals surface area contributed by atoms with Gasteiger partial charge in [-0.1, -0.05) is 0 Å². The summed E-state index contributed by atoms with van der Waals surface area (Å²) in [7, 11) is -0.398. The van der Waals surface area contributed by atoms with E-state index in [1.165, 1.54) is 18.4 Å². The van der Waals surface area contributed by atoms with E-state index in [1.54, 1.807) is 31.2 Å². The zero-order chi connectivity index (χ0) is 15.9. The number of rotatable bonds is 8. The molecule has 0 aromatic heterocycles. The summed E-state index contributed by atoms with van der Waals surface area (Å²) in [5.74, 6) is -0.202. The summed E-state index contributed by atoms with van der Waals surface area (Å²) in [6, 6.07) is 6.54. The first kappa shape index (κ1) is 17.5. The Kier molecular flexibility index (Phi) is 6.64. The summed E-state index contributed by atoms with van der Waals surface area (Å²) in [6.07, 6.45) is 1.03. The molecule has 0 atom stereocenters. The van der Waals surface area contributed by atoms with Crippen LogP contribution in [0, 0.1) is 0 Å². The first-order chi connectivity index (χ1) is 9.87. The van der Waals surface area contributed by atoms with Gasteiger partial charge in [0, 0.05) is 32.7 Å². The number of ether oxygens (including phenoxy) is 1. The average Bonchev–Trinajstić information content (AvgIpc) is 2.44. The van der Waals surface area contributed by atoms with Crippen LogP contribution in [-0.2, 0) is 19.6 Å². The maximum Gasteiger partial charge on any atom is 0.305 e. The molecule has 1 N–H and O–H groups in total. The van der Waals surface area contributed by atoms with Gasteiger partial charge in [0.15, 0.2) is 0 Å². The van der Waals surface area contributed by atoms with E-state index in [1.807, 2.05) is 0 Å². The molecule has 0 saturated carbocycles. The highest BCUT2D eigenvalue weighted by Gasteiger charge is 2.16. The predicted octanol–water partition coefficient (Wildman–Crippen LogP) is 1.69. The van der Waals surface area contributed by atoms with Crippen molar-refractivity contribution in [2.75, 3.05) is 32.6 Å². The summed E-state index contributed by atoms with van der Waals surface area (Å²) in [6.45, 7) is 2.80. The van der Waals surface area contributed by atoms with Crippen LogP contribution in [0.4, 0.5) is 5.69 Å². The molecular weight excluding hydrogens is 292 g/mol. The van der Waals surface area contributed by atoms with Crippen molar-refractivity contribution in [3.8, 4) is 0 Å². The van der Waals surface area contributed by atoms with E-state index in [9.17, 15) is 13.2 Å². The van der Waals surface area contributed by atoms with Crippen LogP contribution in [0.1, 0.15) is 19.8 Å². The van der Waals surface area contributed by atoms with Crippen molar-refractivity contribution < 1.29 is 17.9 Å². The molecule has 7 heteroatoms. The Labute approximate surface area is 126 Å². The minimum Gasteiger partial charge on any atom is -0.466 e. The number of nitrogens with one attached hydrogen (secondary N) is 1. The van der Waals surface area contributed by atoms with Gasteiger partial charge in [-0.2, -0.15) is 0 Å². The molecular formula is C14H22N2O4S. The zero-order valence-electron chi connectivity index (χ0n) is 12.6. The third kappa shape index (κ3) is 5.35. The molecule has 1 rings (SSSR count).